The van der Waals surface area contributed by atoms with Crippen molar-refractivity contribution >= 4 is 35.1 Å². The van der Waals surface area contributed by atoms with E-state index in [9.17, 15) is 18.0 Å². The number of alkyl halides is 3. The second-order valence-electron chi connectivity index (χ2n) is 5.95. The van der Waals surface area contributed by atoms with E-state index < -0.39 is 11.4 Å². The van der Waals surface area contributed by atoms with E-state index in [-0.39, 0.29) is 22.4 Å². The van der Waals surface area contributed by atoms with E-state index in [0.29, 0.717) is 5.69 Å². The zero-order valence-corrected chi connectivity index (χ0v) is 16.0. The lowest BCUT2D eigenvalue weighted by Gasteiger charge is -2.26. The van der Waals surface area contributed by atoms with Crippen molar-refractivity contribution < 1.29 is 18.0 Å². The first-order valence-corrected chi connectivity index (χ1v) is 10.3. The van der Waals surface area contributed by atoms with Gasteiger partial charge in [-0.3, -0.25) is 9.69 Å². The van der Waals surface area contributed by atoms with Gasteiger partial charge in [-0.25, -0.2) is 4.98 Å². The first kappa shape index (κ1) is 20.0. The van der Waals surface area contributed by atoms with Crippen LogP contribution in [0.5, 0.6) is 0 Å². The van der Waals surface area contributed by atoms with Crippen LogP contribution in [-0.4, -0.2) is 45.9 Å². The van der Waals surface area contributed by atoms with Gasteiger partial charge in [0.25, 0.3) is 5.91 Å². The van der Waals surface area contributed by atoms with E-state index in [1.807, 2.05) is 30.0 Å². The highest BCUT2D eigenvalue weighted by atomic mass is 32.2. The number of hydrogen-bond donors (Lipinski definition) is 1. The summed E-state index contributed by atoms with van der Waals surface area (Å²) in [5, 5.41) is 2.32. The molecule has 1 amide bonds. The molecule has 3 rings (SSSR count). The normalized spacial score (nSPS) is 15.5. The molecule has 1 aliphatic heterocycles. The van der Waals surface area contributed by atoms with Gasteiger partial charge >= 0.3 is 5.51 Å². The predicted octanol–water partition coefficient (Wildman–Crippen LogP) is 4.49. The molecule has 1 saturated heterocycles. The summed E-state index contributed by atoms with van der Waals surface area (Å²) in [5.41, 5.74) is -3.00. The number of anilines is 1. The fourth-order valence-electron chi connectivity index (χ4n) is 2.72. The van der Waals surface area contributed by atoms with Crippen molar-refractivity contribution in [1.29, 1.82) is 0 Å². The Balaban J connectivity index is 1.70. The van der Waals surface area contributed by atoms with Crippen molar-refractivity contribution in [2.45, 2.75) is 17.1 Å². The van der Waals surface area contributed by atoms with E-state index in [1.54, 1.807) is 6.07 Å². The lowest BCUT2D eigenvalue weighted by molar-refractivity contribution is -0.0329. The van der Waals surface area contributed by atoms with Crippen LogP contribution in [0.15, 0.2) is 47.6 Å². The Morgan fingerprint density at radius 3 is 2.74 bits per heavy atom. The van der Waals surface area contributed by atoms with Crippen molar-refractivity contribution in [1.82, 2.24) is 9.88 Å². The smallest absolute Gasteiger partial charge is 0.322 e. The molecule has 0 spiro atoms. The van der Waals surface area contributed by atoms with Crippen LogP contribution in [0.25, 0.3) is 0 Å². The Labute approximate surface area is 163 Å². The molecule has 1 aliphatic rings. The molecule has 144 valence electrons. The largest absolute Gasteiger partial charge is 0.447 e. The average Bonchev–Trinajstić information content (AvgIpc) is 2.62. The molecule has 0 radical (unpaired) electrons. The molecule has 1 aromatic heterocycles. The van der Waals surface area contributed by atoms with Gasteiger partial charge in [0.05, 0.1) is 5.56 Å². The molecule has 0 atom stereocenters. The minimum atomic E-state index is -4.50. The second kappa shape index (κ2) is 8.99. The molecule has 4 nitrogen and oxygen atoms in total. The zero-order valence-electron chi connectivity index (χ0n) is 14.3. The summed E-state index contributed by atoms with van der Waals surface area (Å²) in [6, 6.07) is 10.2. The maximum Gasteiger partial charge on any atom is 0.447 e. The lowest BCUT2D eigenvalue weighted by Crippen LogP contribution is -2.31. The van der Waals surface area contributed by atoms with Crippen molar-refractivity contribution in [2.24, 2.45) is 0 Å². The highest BCUT2D eigenvalue weighted by molar-refractivity contribution is 8.00. The molecule has 2 heterocycles. The third kappa shape index (κ3) is 6.15. The van der Waals surface area contributed by atoms with Crippen molar-refractivity contribution in [2.75, 3.05) is 29.9 Å². The van der Waals surface area contributed by atoms with E-state index in [2.05, 4.69) is 15.2 Å². The van der Waals surface area contributed by atoms with E-state index in [1.165, 1.54) is 18.3 Å². The van der Waals surface area contributed by atoms with E-state index in [0.717, 1.165) is 36.7 Å². The highest BCUT2D eigenvalue weighted by Crippen LogP contribution is 2.37. The monoisotopic (exact) mass is 413 g/mol. The summed E-state index contributed by atoms with van der Waals surface area (Å²) in [6.07, 6.45) is 1.24. The first-order valence-electron chi connectivity index (χ1n) is 8.32. The van der Waals surface area contributed by atoms with Crippen LogP contribution in [-0.2, 0) is 6.54 Å². The fourth-order valence-corrected chi connectivity index (χ4v) is 4.30. The summed E-state index contributed by atoms with van der Waals surface area (Å²) in [6.45, 7) is 2.83. The number of carbonyl (C=O) groups excluding carboxylic acids is 1. The molecule has 0 unspecified atom stereocenters. The average molecular weight is 413 g/mol. The van der Waals surface area contributed by atoms with Gasteiger partial charge in [0.1, 0.15) is 5.03 Å². The SMILES string of the molecule is O=C(Nc1cccc(CN2CCSCC2)c1)c1cccnc1SC(F)(F)F. The molecular formula is C18H18F3N3OS2. The van der Waals surface area contributed by atoms with Crippen molar-refractivity contribution in [3.05, 3.63) is 53.7 Å². The van der Waals surface area contributed by atoms with Crippen molar-refractivity contribution in [3.63, 3.8) is 0 Å². The van der Waals surface area contributed by atoms with Gasteiger partial charge in [-0.2, -0.15) is 24.9 Å². The summed E-state index contributed by atoms with van der Waals surface area (Å²) in [7, 11) is 0. The number of amides is 1. The number of nitrogens with zero attached hydrogens (tertiary/aromatic N) is 2. The number of benzene rings is 1. The number of rotatable bonds is 5. The number of thioether (sulfide) groups is 2. The standard InChI is InChI=1S/C18H18F3N3OS2/c19-18(20,21)27-17-15(5-2-6-22-17)16(25)23-14-4-1-3-13(11-14)12-24-7-9-26-10-8-24/h1-6,11H,7-10,12H2,(H,23,25). The van der Waals surface area contributed by atoms with Crippen LogP contribution in [0.4, 0.5) is 18.9 Å². The van der Waals surface area contributed by atoms with E-state index in [4.69, 9.17) is 0 Å². The molecule has 1 N–H and O–H groups in total. The summed E-state index contributed by atoms with van der Waals surface area (Å²) in [5.74, 6) is 1.61. The highest BCUT2D eigenvalue weighted by Gasteiger charge is 2.32. The molecule has 2 aromatic rings. The maximum absolute atomic E-state index is 12.7. The number of nitrogens with one attached hydrogen (secondary N) is 1. The summed E-state index contributed by atoms with van der Waals surface area (Å²) < 4.78 is 38.0. The first-order chi connectivity index (χ1) is 12.9. The third-order valence-electron chi connectivity index (χ3n) is 3.92. The van der Waals surface area contributed by atoms with Crippen LogP contribution >= 0.6 is 23.5 Å². The number of aromatic nitrogens is 1. The van der Waals surface area contributed by atoms with Gasteiger partial charge in [-0.05, 0) is 29.8 Å². The lowest BCUT2D eigenvalue weighted by atomic mass is 10.1. The van der Waals surface area contributed by atoms with Crippen LogP contribution < -0.4 is 5.32 Å². The Hall–Kier alpha value is -1.71. The molecule has 0 bridgehead atoms. The molecule has 1 aromatic carbocycles. The summed E-state index contributed by atoms with van der Waals surface area (Å²) >= 11 is 1.55. The third-order valence-corrected chi connectivity index (χ3v) is 5.62. The number of hydrogen-bond acceptors (Lipinski definition) is 5. The van der Waals surface area contributed by atoms with Gasteiger partial charge in [-0.1, -0.05) is 12.1 Å². The number of halogens is 3. The van der Waals surface area contributed by atoms with Gasteiger partial charge in [0.2, 0.25) is 0 Å². The number of carbonyl (C=O) groups is 1. The van der Waals surface area contributed by atoms with Gasteiger partial charge in [-0.15, -0.1) is 0 Å². The summed E-state index contributed by atoms with van der Waals surface area (Å²) in [4.78, 5) is 18.5. The van der Waals surface area contributed by atoms with E-state index >= 15 is 0 Å². The van der Waals surface area contributed by atoms with Crippen molar-refractivity contribution in [3.8, 4) is 0 Å². The minimum absolute atomic E-state index is 0.0988. The quantitative estimate of drug-likeness (QED) is 0.732. The molecule has 0 aliphatic carbocycles. The Morgan fingerprint density at radius 1 is 1.22 bits per heavy atom. The van der Waals surface area contributed by atoms with Gasteiger partial charge in [0, 0.05) is 54.8 Å². The minimum Gasteiger partial charge on any atom is -0.322 e. The van der Waals surface area contributed by atoms with Gasteiger partial charge < -0.3 is 5.32 Å². The van der Waals surface area contributed by atoms with Crippen LogP contribution in [0.1, 0.15) is 15.9 Å². The Morgan fingerprint density at radius 2 is 2.00 bits per heavy atom. The fraction of sp³-hybridized carbons (Fsp3) is 0.333. The number of pyridine rings is 1. The van der Waals surface area contributed by atoms with Gasteiger partial charge in [0.15, 0.2) is 0 Å². The van der Waals surface area contributed by atoms with Crippen LogP contribution in [0.2, 0.25) is 0 Å². The van der Waals surface area contributed by atoms with Crippen LogP contribution in [0, 0.1) is 0 Å². The Bertz CT molecular complexity index is 795. The topological polar surface area (TPSA) is 45.2 Å². The zero-order chi connectivity index (χ0) is 19.3. The predicted molar refractivity (Wildman–Crippen MR) is 103 cm³/mol. The molecule has 0 saturated carbocycles. The molecule has 9 heteroatoms. The maximum atomic E-state index is 12.7. The molecule has 1 fully saturated rings. The Kier molecular flexibility index (Phi) is 6.67. The van der Waals surface area contributed by atoms with Crippen LogP contribution in [0.3, 0.4) is 0 Å². The molecule has 27 heavy (non-hydrogen) atoms. The molecular weight excluding hydrogens is 395 g/mol. The second-order valence-corrected chi connectivity index (χ2v) is 8.23.